The van der Waals surface area contributed by atoms with E-state index in [2.05, 4.69) is 45.1 Å². The molecule has 0 atom stereocenters. The third-order valence-electron chi connectivity index (χ3n) is 3.16. The Morgan fingerprint density at radius 2 is 2.15 bits per heavy atom. The molecule has 0 fully saturated rings. The summed E-state index contributed by atoms with van der Waals surface area (Å²) in [6.45, 7) is 8.34. The minimum absolute atomic E-state index is 0.101. The summed E-state index contributed by atoms with van der Waals surface area (Å²) < 4.78 is 1.70. The van der Waals surface area contributed by atoms with E-state index < -0.39 is 0 Å². The van der Waals surface area contributed by atoms with Gasteiger partial charge >= 0.3 is 0 Å². The number of halogens is 1. The maximum atomic E-state index is 11.9. The average molecular weight is 347 g/mol. The van der Waals surface area contributed by atoms with Crippen LogP contribution in [0.1, 0.15) is 20.3 Å². The lowest BCUT2D eigenvalue weighted by atomic mass is 10.3. The van der Waals surface area contributed by atoms with Gasteiger partial charge in [-0.2, -0.15) is 5.10 Å². The molecule has 0 radical (unpaired) electrons. The van der Waals surface area contributed by atoms with Gasteiger partial charge in [-0.3, -0.25) is 4.79 Å². The quantitative estimate of drug-likeness (QED) is 0.656. The first-order valence-corrected chi connectivity index (χ1v) is 7.76. The van der Waals surface area contributed by atoms with E-state index in [-0.39, 0.29) is 18.7 Å². The molecule has 2 N–H and O–H groups in total. The predicted octanol–water partition coefficient (Wildman–Crippen LogP) is 1.14. The number of hydrogen-bond acceptors (Lipinski definition) is 5. The highest BCUT2D eigenvalue weighted by Crippen LogP contribution is 2.15. The summed E-state index contributed by atoms with van der Waals surface area (Å²) in [5, 5.41) is 16.1. The van der Waals surface area contributed by atoms with Gasteiger partial charge in [0.15, 0.2) is 0 Å². The van der Waals surface area contributed by atoms with Crippen LogP contribution in [0.2, 0.25) is 0 Å². The van der Waals surface area contributed by atoms with Crippen molar-refractivity contribution in [2.45, 2.75) is 26.8 Å². The molecule has 0 bridgehead atoms. The van der Waals surface area contributed by atoms with E-state index in [9.17, 15) is 4.79 Å². The second kappa shape index (κ2) is 9.10. The molecule has 7 heteroatoms. The molecular weight excluding hydrogens is 324 g/mol. The zero-order chi connectivity index (χ0) is 15.0. The minimum atomic E-state index is -0.229. The molecule has 0 aliphatic heterocycles. The molecule has 114 valence electrons. The van der Waals surface area contributed by atoms with Crippen LogP contribution in [0.5, 0.6) is 0 Å². The highest BCUT2D eigenvalue weighted by molar-refractivity contribution is 9.10. The number of rotatable bonds is 9. The lowest BCUT2D eigenvalue weighted by Gasteiger charge is -2.18. The highest BCUT2D eigenvalue weighted by atomic mass is 79.9. The summed E-state index contributed by atoms with van der Waals surface area (Å²) in [5.41, 5.74) is 0.469. The molecule has 0 saturated heterocycles. The predicted molar refractivity (Wildman–Crippen MR) is 84.2 cm³/mol. The maximum Gasteiger partial charge on any atom is 0.283 e. The molecule has 6 nitrogen and oxygen atoms in total. The second-order valence-corrected chi connectivity index (χ2v) is 5.22. The summed E-state index contributed by atoms with van der Waals surface area (Å²) in [7, 11) is 0. The van der Waals surface area contributed by atoms with Gasteiger partial charge < -0.3 is 15.3 Å². The van der Waals surface area contributed by atoms with Crippen LogP contribution < -0.4 is 10.9 Å². The number of hydrogen-bond donors (Lipinski definition) is 2. The number of aliphatic hydroxyl groups is 1. The van der Waals surface area contributed by atoms with Crippen LogP contribution in [0.15, 0.2) is 15.5 Å². The first-order valence-electron chi connectivity index (χ1n) is 6.96. The van der Waals surface area contributed by atoms with E-state index in [1.54, 1.807) is 6.20 Å². The molecule has 1 heterocycles. The third kappa shape index (κ3) is 4.88. The lowest BCUT2D eigenvalue weighted by molar-refractivity contribution is 0.266. The van der Waals surface area contributed by atoms with E-state index in [1.165, 1.54) is 4.68 Å². The summed E-state index contributed by atoms with van der Waals surface area (Å²) in [6, 6.07) is 0. The number of aliphatic hydroxyl groups excluding tert-OH is 1. The SMILES string of the molecule is CCN(CC)CCCNc1cnn(CCO)c(=O)c1Br. The zero-order valence-electron chi connectivity index (χ0n) is 12.1. The Morgan fingerprint density at radius 3 is 2.75 bits per heavy atom. The van der Waals surface area contributed by atoms with E-state index in [0.717, 1.165) is 32.6 Å². The molecule has 1 aromatic rings. The molecule has 0 amide bonds. The van der Waals surface area contributed by atoms with Crippen molar-refractivity contribution in [1.29, 1.82) is 0 Å². The van der Waals surface area contributed by atoms with Crippen molar-refractivity contribution in [2.24, 2.45) is 0 Å². The largest absolute Gasteiger partial charge is 0.394 e. The Morgan fingerprint density at radius 1 is 1.45 bits per heavy atom. The van der Waals surface area contributed by atoms with Gasteiger partial charge in [-0.05, 0) is 42.0 Å². The van der Waals surface area contributed by atoms with Gasteiger partial charge in [0.25, 0.3) is 5.56 Å². The van der Waals surface area contributed by atoms with Gasteiger partial charge in [-0.1, -0.05) is 13.8 Å². The van der Waals surface area contributed by atoms with Crippen LogP contribution in [0.3, 0.4) is 0 Å². The second-order valence-electron chi connectivity index (χ2n) is 4.43. The maximum absolute atomic E-state index is 11.9. The molecule has 0 aliphatic rings. The third-order valence-corrected chi connectivity index (χ3v) is 3.92. The van der Waals surface area contributed by atoms with Gasteiger partial charge in [0.1, 0.15) is 4.47 Å². The lowest BCUT2D eigenvalue weighted by Crippen LogP contribution is -2.27. The van der Waals surface area contributed by atoms with E-state index in [1.807, 2.05) is 0 Å². The highest BCUT2D eigenvalue weighted by Gasteiger charge is 2.08. The molecule has 0 aliphatic carbocycles. The summed E-state index contributed by atoms with van der Waals surface area (Å²) >= 11 is 3.28. The Kier molecular flexibility index (Phi) is 7.79. The van der Waals surface area contributed by atoms with Crippen molar-refractivity contribution in [3.63, 3.8) is 0 Å². The average Bonchev–Trinajstić information content (AvgIpc) is 2.46. The molecular formula is C13H23BrN4O2. The van der Waals surface area contributed by atoms with Gasteiger partial charge in [0, 0.05) is 6.54 Å². The Balaban J connectivity index is 2.53. The van der Waals surface area contributed by atoms with E-state index >= 15 is 0 Å². The topological polar surface area (TPSA) is 70.4 Å². The van der Waals surface area contributed by atoms with Crippen LogP contribution in [0.4, 0.5) is 5.69 Å². The van der Waals surface area contributed by atoms with Crippen molar-refractivity contribution in [1.82, 2.24) is 14.7 Å². The fourth-order valence-electron chi connectivity index (χ4n) is 1.91. The molecule has 20 heavy (non-hydrogen) atoms. The van der Waals surface area contributed by atoms with Crippen molar-refractivity contribution >= 4 is 21.6 Å². The fraction of sp³-hybridized carbons (Fsp3) is 0.692. The Labute approximate surface area is 127 Å². The van der Waals surface area contributed by atoms with Crippen molar-refractivity contribution in [2.75, 3.05) is 38.1 Å². The van der Waals surface area contributed by atoms with Gasteiger partial charge in [-0.15, -0.1) is 0 Å². The summed E-state index contributed by atoms with van der Waals surface area (Å²) in [6.07, 6.45) is 2.62. The number of nitrogens with zero attached hydrogens (tertiary/aromatic N) is 3. The van der Waals surface area contributed by atoms with Crippen LogP contribution in [0.25, 0.3) is 0 Å². The van der Waals surface area contributed by atoms with Crippen LogP contribution in [-0.4, -0.2) is 52.6 Å². The molecule has 0 spiro atoms. The van der Waals surface area contributed by atoms with Crippen LogP contribution in [-0.2, 0) is 6.54 Å². The molecule has 1 rings (SSSR count). The zero-order valence-corrected chi connectivity index (χ0v) is 13.7. The van der Waals surface area contributed by atoms with Crippen LogP contribution in [0, 0.1) is 0 Å². The van der Waals surface area contributed by atoms with Crippen LogP contribution >= 0.6 is 15.9 Å². The Hall–Kier alpha value is -0.920. The normalized spacial score (nSPS) is 11.1. The van der Waals surface area contributed by atoms with Crippen molar-refractivity contribution in [3.05, 3.63) is 21.0 Å². The van der Waals surface area contributed by atoms with Gasteiger partial charge in [0.05, 0.1) is 25.0 Å². The van der Waals surface area contributed by atoms with E-state index in [4.69, 9.17) is 5.11 Å². The fourth-order valence-corrected chi connectivity index (χ4v) is 2.36. The molecule has 0 saturated carbocycles. The Bertz CT molecular complexity index is 460. The molecule has 1 aromatic heterocycles. The first-order chi connectivity index (χ1) is 9.63. The smallest absolute Gasteiger partial charge is 0.283 e. The first kappa shape index (κ1) is 17.1. The van der Waals surface area contributed by atoms with E-state index in [0.29, 0.717) is 10.2 Å². The molecule has 0 unspecified atom stereocenters. The summed E-state index contributed by atoms with van der Waals surface area (Å²) in [5.74, 6) is 0. The minimum Gasteiger partial charge on any atom is -0.394 e. The van der Waals surface area contributed by atoms with Crippen molar-refractivity contribution in [3.8, 4) is 0 Å². The number of anilines is 1. The number of aromatic nitrogens is 2. The standard InChI is InChI=1S/C13H23BrN4O2/c1-3-17(4-2)7-5-6-15-11-10-16-18(8-9-19)13(20)12(11)14/h10,15,19H,3-9H2,1-2H3. The van der Waals surface area contributed by atoms with Gasteiger partial charge in [0.2, 0.25) is 0 Å². The molecule has 0 aromatic carbocycles. The van der Waals surface area contributed by atoms with Crippen molar-refractivity contribution < 1.29 is 5.11 Å². The number of nitrogens with one attached hydrogen (secondary N) is 1. The monoisotopic (exact) mass is 346 g/mol. The summed E-state index contributed by atoms with van der Waals surface area (Å²) in [4.78, 5) is 14.3. The van der Waals surface area contributed by atoms with Gasteiger partial charge in [-0.25, -0.2) is 4.68 Å².